The highest BCUT2D eigenvalue weighted by atomic mass is 32.2. The molecular weight excluding hydrogens is 274 g/mol. The van der Waals surface area contributed by atoms with Crippen molar-refractivity contribution in [3.63, 3.8) is 0 Å². The molecule has 0 unspecified atom stereocenters. The zero-order chi connectivity index (χ0) is 14.6. The van der Waals surface area contributed by atoms with Crippen molar-refractivity contribution in [1.29, 1.82) is 0 Å². The van der Waals surface area contributed by atoms with Crippen LogP contribution < -0.4 is 10.0 Å². The molecule has 5 nitrogen and oxygen atoms in total. The van der Waals surface area contributed by atoms with E-state index >= 15 is 0 Å². The molecule has 0 aromatic carbocycles. The van der Waals surface area contributed by atoms with E-state index in [4.69, 9.17) is 0 Å². The molecule has 1 aliphatic carbocycles. The van der Waals surface area contributed by atoms with E-state index < -0.39 is 10.0 Å². The van der Waals surface area contributed by atoms with E-state index in [1.807, 2.05) is 19.9 Å². The van der Waals surface area contributed by atoms with Crippen molar-refractivity contribution < 1.29 is 8.42 Å². The van der Waals surface area contributed by atoms with Crippen molar-refractivity contribution in [3.05, 3.63) is 23.9 Å². The Morgan fingerprint density at radius 3 is 2.50 bits per heavy atom. The van der Waals surface area contributed by atoms with Crippen LogP contribution in [-0.2, 0) is 16.6 Å². The number of sulfonamides is 1. The molecule has 2 N–H and O–H groups in total. The predicted molar refractivity (Wildman–Crippen MR) is 78.8 cm³/mol. The molecule has 0 radical (unpaired) electrons. The van der Waals surface area contributed by atoms with Crippen LogP contribution >= 0.6 is 0 Å². The first-order valence-corrected chi connectivity index (χ1v) is 8.69. The molecule has 2 rings (SSSR count). The number of nitrogens with zero attached hydrogens (tertiary/aromatic N) is 1. The van der Waals surface area contributed by atoms with Crippen molar-refractivity contribution in [2.24, 2.45) is 0 Å². The lowest BCUT2D eigenvalue weighted by atomic mass is 9.76. The molecule has 6 heteroatoms. The van der Waals surface area contributed by atoms with Crippen LogP contribution in [0.5, 0.6) is 0 Å². The Hall–Kier alpha value is -0.980. The topological polar surface area (TPSA) is 71.1 Å². The van der Waals surface area contributed by atoms with Gasteiger partial charge in [0.25, 0.3) is 10.0 Å². The van der Waals surface area contributed by atoms with Gasteiger partial charge < -0.3 is 5.32 Å². The van der Waals surface area contributed by atoms with Crippen LogP contribution in [0.15, 0.2) is 23.4 Å². The first kappa shape index (κ1) is 15.4. The average molecular weight is 297 g/mol. The van der Waals surface area contributed by atoms with Crippen LogP contribution in [0.2, 0.25) is 0 Å². The Morgan fingerprint density at radius 2 is 2.05 bits per heavy atom. The second-order valence-electron chi connectivity index (χ2n) is 5.38. The minimum absolute atomic E-state index is 0.109. The summed E-state index contributed by atoms with van der Waals surface area (Å²) in [6, 6.07) is 3.39. The highest BCUT2D eigenvalue weighted by molar-refractivity contribution is 7.89. The lowest BCUT2D eigenvalue weighted by molar-refractivity contribution is 0.213. The number of hydrogen-bond donors (Lipinski definition) is 2. The van der Waals surface area contributed by atoms with Crippen molar-refractivity contribution in [2.75, 3.05) is 6.54 Å². The quantitative estimate of drug-likeness (QED) is 0.805. The van der Waals surface area contributed by atoms with Gasteiger partial charge in [-0.15, -0.1) is 0 Å². The van der Waals surface area contributed by atoms with Gasteiger partial charge in [0.15, 0.2) is 5.03 Å². The molecule has 112 valence electrons. The van der Waals surface area contributed by atoms with E-state index in [0.717, 1.165) is 37.8 Å². The molecule has 1 aliphatic rings. The summed E-state index contributed by atoms with van der Waals surface area (Å²) in [6.07, 6.45) is 5.37. The number of nitrogens with one attached hydrogen (secondary N) is 2. The monoisotopic (exact) mass is 297 g/mol. The first-order chi connectivity index (χ1) is 9.51. The normalized spacial score (nSPS) is 17.7. The summed E-state index contributed by atoms with van der Waals surface area (Å²) in [6.45, 7) is 5.63. The van der Waals surface area contributed by atoms with Crippen LogP contribution in [0.3, 0.4) is 0 Å². The summed E-state index contributed by atoms with van der Waals surface area (Å²) in [7, 11) is -3.51. The maximum absolute atomic E-state index is 12.3. The fraction of sp³-hybridized carbons (Fsp3) is 0.643. The summed E-state index contributed by atoms with van der Waals surface area (Å²) in [5, 5.41) is 3.29. The Balaban J connectivity index is 2.09. The van der Waals surface area contributed by atoms with E-state index in [2.05, 4.69) is 15.0 Å². The van der Waals surface area contributed by atoms with E-state index in [1.54, 1.807) is 12.3 Å². The molecule has 20 heavy (non-hydrogen) atoms. The molecule has 1 fully saturated rings. The smallest absolute Gasteiger partial charge is 0.258 e. The van der Waals surface area contributed by atoms with Gasteiger partial charge in [-0.2, -0.15) is 0 Å². The van der Waals surface area contributed by atoms with Gasteiger partial charge in [-0.05, 0) is 43.9 Å². The van der Waals surface area contributed by atoms with Gasteiger partial charge in [-0.3, -0.25) is 0 Å². The summed E-state index contributed by atoms with van der Waals surface area (Å²) in [5.74, 6) is 0. The third-order valence-corrected chi connectivity index (χ3v) is 5.48. The lowest BCUT2D eigenvalue weighted by Gasteiger charge is -2.41. The SMILES string of the molecule is CCNCc1ccc(S(=O)(=O)NC2(CC)CCC2)nc1. The zero-order valence-electron chi connectivity index (χ0n) is 12.1. The summed E-state index contributed by atoms with van der Waals surface area (Å²) in [4.78, 5) is 4.09. The molecule has 0 bridgehead atoms. The van der Waals surface area contributed by atoms with Gasteiger partial charge in [0.2, 0.25) is 0 Å². The van der Waals surface area contributed by atoms with Gasteiger partial charge in [0.05, 0.1) is 0 Å². The Kier molecular flexibility index (Phi) is 4.78. The lowest BCUT2D eigenvalue weighted by Crippen LogP contribution is -2.52. The van der Waals surface area contributed by atoms with Gasteiger partial charge >= 0.3 is 0 Å². The van der Waals surface area contributed by atoms with Crippen LogP contribution in [0, 0.1) is 0 Å². The van der Waals surface area contributed by atoms with Crippen molar-refractivity contribution in [1.82, 2.24) is 15.0 Å². The molecule has 1 heterocycles. The van der Waals surface area contributed by atoms with Gasteiger partial charge in [-0.25, -0.2) is 18.1 Å². The average Bonchev–Trinajstić information content (AvgIpc) is 2.41. The minimum Gasteiger partial charge on any atom is -0.313 e. The highest BCUT2D eigenvalue weighted by Gasteiger charge is 2.39. The summed E-state index contributed by atoms with van der Waals surface area (Å²) in [5.41, 5.74) is 0.739. The maximum atomic E-state index is 12.3. The van der Waals surface area contributed by atoms with Crippen molar-refractivity contribution >= 4 is 10.0 Å². The van der Waals surface area contributed by atoms with E-state index in [1.165, 1.54) is 0 Å². The largest absolute Gasteiger partial charge is 0.313 e. The van der Waals surface area contributed by atoms with Crippen molar-refractivity contribution in [2.45, 2.75) is 56.6 Å². The second kappa shape index (κ2) is 6.20. The number of rotatable bonds is 7. The first-order valence-electron chi connectivity index (χ1n) is 7.21. The molecule has 0 atom stereocenters. The predicted octanol–water partition coefficient (Wildman–Crippen LogP) is 1.80. The maximum Gasteiger partial charge on any atom is 0.258 e. The van der Waals surface area contributed by atoms with Gasteiger partial charge in [0, 0.05) is 18.3 Å². The Labute approximate surface area is 121 Å². The zero-order valence-corrected chi connectivity index (χ0v) is 13.0. The molecule has 0 amide bonds. The van der Waals surface area contributed by atoms with Gasteiger partial charge in [0.1, 0.15) is 0 Å². The van der Waals surface area contributed by atoms with Crippen LogP contribution in [0.4, 0.5) is 0 Å². The van der Waals surface area contributed by atoms with E-state index in [9.17, 15) is 8.42 Å². The number of aromatic nitrogens is 1. The standard InChI is InChI=1S/C14H23N3O2S/c1-3-14(8-5-9-14)17-20(18,19)13-7-6-12(11-16-13)10-15-4-2/h6-7,11,15,17H,3-5,8-10H2,1-2H3. The molecule has 0 aliphatic heterocycles. The fourth-order valence-electron chi connectivity index (χ4n) is 2.41. The second-order valence-corrected chi connectivity index (χ2v) is 7.01. The van der Waals surface area contributed by atoms with Gasteiger partial charge in [-0.1, -0.05) is 19.9 Å². The van der Waals surface area contributed by atoms with Crippen LogP contribution in [0.25, 0.3) is 0 Å². The fourth-order valence-corrected chi connectivity index (χ4v) is 3.87. The molecule has 0 saturated heterocycles. The third kappa shape index (κ3) is 3.37. The summed E-state index contributed by atoms with van der Waals surface area (Å²) >= 11 is 0. The van der Waals surface area contributed by atoms with E-state index in [0.29, 0.717) is 6.54 Å². The molecule has 1 aromatic heterocycles. The highest BCUT2D eigenvalue weighted by Crippen LogP contribution is 2.35. The number of hydrogen-bond acceptors (Lipinski definition) is 4. The summed E-state index contributed by atoms with van der Waals surface area (Å²) < 4.78 is 27.5. The third-order valence-electron chi connectivity index (χ3n) is 3.99. The Morgan fingerprint density at radius 1 is 1.30 bits per heavy atom. The minimum atomic E-state index is -3.51. The van der Waals surface area contributed by atoms with Crippen LogP contribution in [0.1, 0.15) is 45.1 Å². The van der Waals surface area contributed by atoms with Crippen LogP contribution in [-0.4, -0.2) is 25.5 Å². The molecule has 1 saturated carbocycles. The Bertz CT molecular complexity index is 531. The number of pyridine rings is 1. The van der Waals surface area contributed by atoms with Crippen molar-refractivity contribution in [3.8, 4) is 0 Å². The van der Waals surface area contributed by atoms with E-state index in [-0.39, 0.29) is 10.6 Å². The molecule has 1 aromatic rings. The molecular formula is C14H23N3O2S. The molecule has 0 spiro atoms.